The van der Waals surface area contributed by atoms with E-state index in [1.54, 1.807) is 36.6 Å². The molecule has 1 aromatic carbocycles. The summed E-state index contributed by atoms with van der Waals surface area (Å²) in [5, 5.41) is 10.2. The minimum atomic E-state index is -0.715. The Morgan fingerprint density at radius 3 is 2.46 bits per heavy atom. The van der Waals surface area contributed by atoms with Crippen molar-refractivity contribution in [3.8, 4) is 5.75 Å². The monoisotopic (exact) mass is 329 g/mol. The third-order valence-corrected chi connectivity index (χ3v) is 3.60. The lowest BCUT2D eigenvalue weighted by Gasteiger charge is -2.24. The van der Waals surface area contributed by atoms with Gasteiger partial charge in [-0.05, 0) is 36.3 Å². The summed E-state index contributed by atoms with van der Waals surface area (Å²) in [6.07, 6.45) is 7.06. The summed E-state index contributed by atoms with van der Waals surface area (Å²) in [6, 6.07) is 5.09. The Bertz CT molecular complexity index is 746. The minimum Gasteiger partial charge on any atom is -0.506 e. The zero-order chi connectivity index (χ0) is 17.7. The van der Waals surface area contributed by atoms with Crippen LogP contribution in [0.5, 0.6) is 5.75 Å². The number of nitrogens with zero attached hydrogens (tertiary/aromatic N) is 1. The van der Waals surface area contributed by atoms with Gasteiger partial charge in [-0.3, -0.25) is 0 Å². The van der Waals surface area contributed by atoms with Crippen LogP contribution in [0.1, 0.15) is 12.5 Å². The topological polar surface area (TPSA) is 76.1 Å². The van der Waals surface area contributed by atoms with Crippen molar-refractivity contribution >= 4 is 17.6 Å². The van der Waals surface area contributed by atoms with Crippen LogP contribution in [0.4, 0.5) is 5.69 Å². The summed E-state index contributed by atoms with van der Waals surface area (Å²) in [7, 11) is 2.46. The molecule has 6 nitrogen and oxygen atoms in total. The number of hydrogen-bond acceptors (Lipinski definition) is 6. The van der Waals surface area contributed by atoms with Crippen molar-refractivity contribution in [2.24, 2.45) is 0 Å². The molecule has 0 fully saturated rings. The summed E-state index contributed by atoms with van der Waals surface area (Å²) < 4.78 is 9.58. The third-order valence-electron chi connectivity index (χ3n) is 3.60. The lowest BCUT2D eigenvalue weighted by molar-refractivity contribution is -0.139. The number of aryl methyl sites for hydroxylation is 1. The standard InChI is InChI=1S/C18H19NO5/c1-4-12-8-9-15(20)14(11-12)19-10-6-5-7-13(17(21)23-2)16(19)18(22)24-3/h5-11,20H,4H2,1-3H3. The lowest BCUT2D eigenvalue weighted by atomic mass is 10.1. The van der Waals surface area contributed by atoms with Crippen LogP contribution in [0.2, 0.25) is 0 Å². The molecule has 2 rings (SSSR count). The first-order valence-electron chi connectivity index (χ1n) is 7.40. The van der Waals surface area contributed by atoms with Crippen molar-refractivity contribution in [1.82, 2.24) is 0 Å². The number of benzene rings is 1. The van der Waals surface area contributed by atoms with Gasteiger partial charge in [0.25, 0.3) is 0 Å². The highest BCUT2D eigenvalue weighted by atomic mass is 16.5. The first-order chi connectivity index (χ1) is 11.5. The summed E-state index contributed by atoms with van der Waals surface area (Å²) in [5.74, 6) is -1.41. The quantitative estimate of drug-likeness (QED) is 0.855. The minimum absolute atomic E-state index is 0.0237. The van der Waals surface area contributed by atoms with Crippen molar-refractivity contribution in [1.29, 1.82) is 0 Å². The van der Waals surface area contributed by atoms with Gasteiger partial charge in [-0.15, -0.1) is 0 Å². The largest absolute Gasteiger partial charge is 0.506 e. The zero-order valence-corrected chi connectivity index (χ0v) is 13.8. The fourth-order valence-electron chi connectivity index (χ4n) is 2.33. The van der Waals surface area contributed by atoms with Gasteiger partial charge < -0.3 is 19.5 Å². The summed E-state index contributed by atoms with van der Waals surface area (Å²) >= 11 is 0. The molecular weight excluding hydrogens is 310 g/mol. The summed E-state index contributed by atoms with van der Waals surface area (Å²) in [5.41, 5.74) is 1.35. The molecule has 6 heteroatoms. The van der Waals surface area contributed by atoms with Crippen LogP contribution in [0.25, 0.3) is 0 Å². The Kier molecular flexibility index (Phi) is 5.42. The van der Waals surface area contributed by atoms with Crippen molar-refractivity contribution in [2.75, 3.05) is 19.1 Å². The Labute approximate surface area is 140 Å². The van der Waals surface area contributed by atoms with Gasteiger partial charge in [0.1, 0.15) is 11.4 Å². The van der Waals surface area contributed by atoms with Crippen LogP contribution >= 0.6 is 0 Å². The van der Waals surface area contributed by atoms with Crippen molar-refractivity contribution in [3.63, 3.8) is 0 Å². The molecule has 0 aromatic heterocycles. The molecule has 1 aliphatic rings. The second kappa shape index (κ2) is 7.50. The number of rotatable bonds is 4. The van der Waals surface area contributed by atoms with Gasteiger partial charge in [-0.2, -0.15) is 0 Å². The molecule has 0 bridgehead atoms. The fourth-order valence-corrected chi connectivity index (χ4v) is 2.33. The molecule has 0 aliphatic carbocycles. The second-order valence-electron chi connectivity index (χ2n) is 4.99. The number of phenolic OH excluding ortho intramolecular Hbond substituents is 1. The fraction of sp³-hybridized carbons (Fsp3) is 0.222. The van der Waals surface area contributed by atoms with Gasteiger partial charge in [0.2, 0.25) is 0 Å². The maximum absolute atomic E-state index is 12.3. The highest BCUT2D eigenvalue weighted by Gasteiger charge is 2.28. The van der Waals surface area contributed by atoms with Crippen LogP contribution in [-0.4, -0.2) is 31.3 Å². The summed E-state index contributed by atoms with van der Waals surface area (Å²) in [6.45, 7) is 1.98. The first-order valence-corrected chi connectivity index (χ1v) is 7.40. The first kappa shape index (κ1) is 17.3. The smallest absolute Gasteiger partial charge is 0.355 e. The maximum Gasteiger partial charge on any atom is 0.355 e. The van der Waals surface area contributed by atoms with E-state index in [2.05, 4.69) is 0 Å². The molecule has 0 saturated carbocycles. The molecular formula is C18H19NO5. The lowest BCUT2D eigenvalue weighted by Crippen LogP contribution is -2.27. The van der Waals surface area contributed by atoms with Gasteiger partial charge in [0, 0.05) is 6.20 Å². The number of ether oxygens (including phenoxy) is 2. The van der Waals surface area contributed by atoms with E-state index in [4.69, 9.17) is 9.47 Å². The molecule has 1 aliphatic heterocycles. The van der Waals surface area contributed by atoms with Crippen LogP contribution in [0, 0.1) is 0 Å². The Morgan fingerprint density at radius 1 is 1.12 bits per heavy atom. The number of carbonyl (C=O) groups excluding carboxylic acids is 2. The summed E-state index contributed by atoms with van der Waals surface area (Å²) in [4.78, 5) is 25.8. The molecule has 1 aromatic rings. The molecule has 1 heterocycles. The van der Waals surface area contributed by atoms with E-state index in [0.717, 1.165) is 12.0 Å². The van der Waals surface area contributed by atoms with Crippen molar-refractivity contribution in [2.45, 2.75) is 13.3 Å². The van der Waals surface area contributed by atoms with Crippen molar-refractivity contribution < 1.29 is 24.2 Å². The number of anilines is 1. The van der Waals surface area contributed by atoms with Crippen molar-refractivity contribution in [3.05, 3.63) is 59.5 Å². The average molecular weight is 329 g/mol. The molecule has 1 N–H and O–H groups in total. The van der Waals surface area contributed by atoms with Gasteiger partial charge in [-0.1, -0.05) is 19.1 Å². The van der Waals surface area contributed by atoms with E-state index in [1.807, 2.05) is 6.92 Å². The highest BCUT2D eigenvalue weighted by molar-refractivity contribution is 6.05. The van der Waals surface area contributed by atoms with Crippen LogP contribution in [-0.2, 0) is 25.5 Å². The molecule has 0 radical (unpaired) electrons. The molecule has 0 unspecified atom stereocenters. The van der Waals surface area contributed by atoms with Gasteiger partial charge in [-0.25, -0.2) is 9.59 Å². The normalized spacial score (nSPS) is 13.7. The molecule has 0 amide bonds. The van der Waals surface area contributed by atoms with Gasteiger partial charge in [0.15, 0.2) is 0 Å². The molecule has 126 valence electrons. The molecule has 0 spiro atoms. The molecule has 24 heavy (non-hydrogen) atoms. The van der Waals surface area contributed by atoms with E-state index < -0.39 is 11.9 Å². The van der Waals surface area contributed by atoms with Crippen LogP contribution < -0.4 is 4.90 Å². The number of allylic oxidation sites excluding steroid dienone is 2. The number of methoxy groups -OCH3 is 2. The Hall–Kier alpha value is -3.02. The van der Waals surface area contributed by atoms with E-state index in [9.17, 15) is 14.7 Å². The predicted octanol–water partition coefficient (Wildman–Crippen LogP) is 2.44. The number of hydrogen-bond donors (Lipinski definition) is 1. The van der Waals surface area contributed by atoms with Crippen LogP contribution in [0.3, 0.4) is 0 Å². The SMILES string of the molecule is CCc1ccc(O)c(N2C=CC=CC(C(=O)OC)=C2C(=O)OC)c1. The van der Waals surface area contributed by atoms with Crippen LogP contribution in [0.15, 0.2) is 53.9 Å². The number of esters is 2. The number of phenols is 1. The Morgan fingerprint density at radius 2 is 1.83 bits per heavy atom. The zero-order valence-electron chi connectivity index (χ0n) is 13.8. The number of carbonyl (C=O) groups is 2. The van der Waals surface area contributed by atoms with E-state index in [-0.39, 0.29) is 17.0 Å². The highest BCUT2D eigenvalue weighted by Crippen LogP contribution is 2.34. The molecule has 0 saturated heterocycles. The van der Waals surface area contributed by atoms with E-state index in [1.165, 1.54) is 25.2 Å². The van der Waals surface area contributed by atoms with Gasteiger partial charge in [0.05, 0.1) is 25.5 Å². The Balaban J connectivity index is 2.70. The second-order valence-corrected chi connectivity index (χ2v) is 4.99. The van der Waals surface area contributed by atoms with Gasteiger partial charge >= 0.3 is 11.9 Å². The third kappa shape index (κ3) is 3.32. The maximum atomic E-state index is 12.3. The number of aromatic hydroxyl groups is 1. The van der Waals surface area contributed by atoms with E-state index >= 15 is 0 Å². The van der Waals surface area contributed by atoms with E-state index in [0.29, 0.717) is 5.69 Å². The predicted molar refractivity (Wildman–Crippen MR) is 89.3 cm³/mol. The average Bonchev–Trinajstić information content (AvgIpc) is 2.83. The molecule has 0 atom stereocenters.